The van der Waals surface area contributed by atoms with Crippen LogP contribution in [0.3, 0.4) is 0 Å². The molecule has 4 atom stereocenters. The van der Waals surface area contributed by atoms with E-state index in [0.29, 0.717) is 11.8 Å². The van der Waals surface area contributed by atoms with Crippen LogP contribution in [0.4, 0.5) is 5.69 Å². The lowest BCUT2D eigenvalue weighted by molar-refractivity contribution is 0.136. The molecule has 1 aliphatic carbocycles. The SMILES string of the molecule is C=C(C)c1ccc2c(c1)N(CC1CCC1C(C)/C=C/COCCCCCNCC)CC(c1ccc(C)cc1CCC)C2.CC.CC. The fourth-order valence-electron chi connectivity index (χ4n) is 7.16. The average molecular weight is 631 g/mol. The summed E-state index contributed by atoms with van der Waals surface area (Å²) in [4.78, 5) is 2.75. The van der Waals surface area contributed by atoms with Gasteiger partial charge in [-0.05, 0) is 118 Å². The molecule has 1 N–H and O–H groups in total. The Labute approximate surface area is 285 Å². The lowest BCUT2D eigenvalue weighted by Gasteiger charge is -2.46. The number of nitrogens with zero attached hydrogens (tertiary/aromatic N) is 1. The molecule has 0 amide bonds. The van der Waals surface area contributed by atoms with Crippen LogP contribution in [0.25, 0.3) is 5.57 Å². The van der Waals surface area contributed by atoms with Crippen molar-refractivity contribution in [2.45, 2.75) is 120 Å². The number of rotatable bonds is 17. The molecular formula is C43H70N2O. The zero-order valence-corrected chi connectivity index (χ0v) is 31.4. The summed E-state index contributed by atoms with van der Waals surface area (Å²) in [5.74, 6) is 2.65. The maximum Gasteiger partial charge on any atom is 0.0647 e. The van der Waals surface area contributed by atoms with E-state index in [-0.39, 0.29) is 0 Å². The molecule has 258 valence electrons. The van der Waals surface area contributed by atoms with E-state index in [2.05, 4.69) is 100.0 Å². The second kappa shape index (κ2) is 22.3. The van der Waals surface area contributed by atoms with Gasteiger partial charge in [-0.25, -0.2) is 0 Å². The Bertz CT molecular complexity index is 1170. The van der Waals surface area contributed by atoms with Crippen LogP contribution in [0.15, 0.2) is 55.1 Å². The molecule has 3 heteroatoms. The second-order valence-electron chi connectivity index (χ2n) is 13.2. The van der Waals surface area contributed by atoms with Crippen LogP contribution in [0.2, 0.25) is 0 Å². The van der Waals surface area contributed by atoms with Gasteiger partial charge in [0.25, 0.3) is 0 Å². The summed E-state index contributed by atoms with van der Waals surface area (Å²) < 4.78 is 5.91. The maximum atomic E-state index is 5.91. The van der Waals surface area contributed by atoms with Crippen molar-refractivity contribution in [1.82, 2.24) is 5.32 Å². The number of hydrogen-bond acceptors (Lipinski definition) is 3. The number of unbranched alkanes of at least 4 members (excludes halogenated alkanes) is 2. The average Bonchev–Trinajstić information content (AvgIpc) is 3.05. The van der Waals surface area contributed by atoms with Gasteiger partial charge in [0.2, 0.25) is 0 Å². The molecule has 0 spiro atoms. The van der Waals surface area contributed by atoms with Gasteiger partial charge in [0.15, 0.2) is 0 Å². The van der Waals surface area contributed by atoms with Crippen LogP contribution in [0.1, 0.15) is 128 Å². The zero-order valence-electron chi connectivity index (χ0n) is 31.4. The minimum Gasteiger partial charge on any atom is -0.377 e. The summed E-state index contributed by atoms with van der Waals surface area (Å²) in [6, 6.07) is 14.3. The molecule has 2 aromatic carbocycles. The van der Waals surface area contributed by atoms with Crippen LogP contribution in [-0.2, 0) is 17.6 Å². The van der Waals surface area contributed by atoms with Gasteiger partial charge < -0.3 is 15.0 Å². The molecule has 4 unspecified atom stereocenters. The van der Waals surface area contributed by atoms with Crippen molar-refractivity contribution in [2.24, 2.45) is 17.8 Å². The summed E-state index contributed by atoms with van der Waals surface area (Å²) in [5.41, 5.74) is 9.89. The zero-order chi connectivity index (χ0) is 33.9. The van der Waals surface area contributed by atoms with Gasteiger partial charge >= 0.3 is 0 Å². The number of ether oxygens (including phenoxy) is 1. The summed E-state index contributed by atoms with van der Waals surface area (Å²) in [6.45, 7) is 29.6. The lowest BCUT2D eigenvalue weighted by atomic mass is 9.67. The Morgan fingerprint density at radius 1 is 1.04 bits per heavy atom. The van der Waals surface area contributed by atoms with Gasteiger partial charge in [-0.15, -0.1) is 0 Å². The van der Waals surface area contributed by atoms with Crippen LogP contribution < -0.4 is 10.2 Å². The van der Waals surface area contributed by atoms with Crippen molar-refractivity contribution in [3.8, 4) is 0 Å². The van der Waals surface area contributed by atoms with Crippen molar-refractivity contribution in [2.75, 3.05) is 44.3 Å². The fraction of sp³-hybridized carbons (Fsp3) is 0.628. The molecule has 1 aliphatic heterocycles. The number of aryl methyl sites for hydroxylation is 2. The van der Waals surface area contributed by atoms with Crippen LogP contribution >= 0.6 is 0 Å². The molecule has 4 rings (SSSR count). The number of anilines is 1. The molecule has 1 saturated carbocycles. The van der Waals surface area contributed by atoms with Gasteiger partial charge in [-0.3, -0.25) is 0 Å². The normalized spacial score (nSPS) is 19.3. The van der Waals surface area contributed by atoms with E-state index in [4.69, 9.17) is 4.74 Å². The first kappa shape index (κ1) is 39.8. The first-order valence-corrected chi connectivity index (χ1v) is 19.0. The highest BCUT2D eigenvalue weighted by Gasteiger charge is 2.37. The fourth-order valence-corrected chi connectivity index (χ4v) is 7.16. The highest BCUT2D eigenvalue weighted by molar-refractivity contribution is 5.69. The van der Waals surface area contributed by atoms with E-state index >= 15 is 0 Å². The van der Waals surface area contributed by atoms with Gasteiger partial charge in [0.1, 0.15) is 0 Å². The molecule has 2 aromatic rings. The van der Waals surface area contributed by atoms with Crippen molar-refractivity contribution in [3.63, 3.8) is 0 Å². The predicted octanol–water partition coefficient (Wildman–Crippen LogP) is 11.2. The number of allylic oxidation sites excluding steroid dienone is 2. The molecule has 2 aliphatic rings. The molecule has 0 bridgehead atoms. The topological polar surface area (TPSA) is 24.5 Å². The lowest BCUT2D eigenvalue weighted by Crippen LogP contribution is -2.44. The Morgan fingerprint density at radius 3 is 2.50 bits per heavy atom. The minimum atomic E-state index is 0.547. The summed E-state index contributed by atoms with van der Waals surface area (Å²) in [5, 5.41) is 3.39. The van der Waals surface area contributed by atoms with Crippen molar-refractivity contribution in [1.29, 1.82) is 0 Å². The number of nitrogens with one attached hydrogen (secondary N) is 1. The largest absolute Gasteiger partial charge is 0.377 e. The van der Waals surface area contributed by atoms with E-state index in [1.54, 1.807) is 11.1 Å². The summed E-state index contributed by atoms with van der Waals surface area (Å²) >= 11 is 0. The van der Waals surface area contributed by atoms with Crippen molar-refractivity contribution >= 4 is 11.3 Å². The van der Waals surface area contributed by atoms with Crippen LogP contribution in [-0.4, -0.2) is 39.4 Å². The van der Waals surface area contributed by atoms with E-state index < -0.39 is 0 Å². The maximum absolute atomic E-state index is 5.91. The van der Waals surface area contributed by atoms with Gasteiger partial charge in [-0.1, -0.05) is 115 Å². The molecule has 0 saturated heterocycles. The van der Waals surface area contributed by atoms with Crippen molar-refractivity contribution in [3.05, 3.63) is 82.9 Å². The molecule has 1 fully saturated rings. The van der Waals surface area contributed by atoms with Gasteiger partial charge in [-0.2, -0.15) is 0 Å². The van der Waals surface area contributed by atoms with Crippen LogP contribution in [0.5, 0.6) is 0 Å². The Hall–Kier alpha value is -2.36. The molecular weight excluding hydrogens is 560 g/mol. The third-order valence-electron chi connectivity index (χ3n) is 9.74. The Kier molecular flexibility index (Phi) is 19.3. The number of fused-ring (bicyclic) bond motifs is 1. The molecule has 46 heavy (non-hydrogen) atoms. The summed E-state index contributed by atoms with van der Waals surface area (Å²) in [6.07, 6.45) is 14.5. The Balaban J connectivity index is 0.00000177. The number of benzene rings is 2. The monoisotopic (exact) mass is 631 g/mol. The third-order valence-corrected chi connectivity index (χ3v) is 9.74. The smallest absolute Gasteiger partial charge is 0.0647 e. The number of hydrogen-bond donors (Lipinski definition) is 1. The van der Waals surface area contributed by atoms with Gasteiger partial charge in [0.05, 0.1) is 6.61 Å². The van der Waals surface area contributed by atoms with E-state index in [1.165, 1.54) is 60.9 Å². The second-order valence-corrected chi connectivity index (χ2v) is 13.2. The van der Waals surface area contributed by atoms with Crippen molar-refractivity contribution < 1.29 is 4.74 Å². The highest BCUT2D eigenvalue weighted by Crippen LogP contribution is 2.44. The van der Waals surface area contributed by atoms with Crippen LogP contribution in [0, 0.1) is 24.7 Å². The quantitative estimate of drug-likeness (QED) is 0.139. The van der Waals surface area contributed by atoms with E-state index in [0.717, 1.165) is 69.6 Å². The van der Waals surface area contributed by atoms with E-state index in [1.807, 2.05) is 27.7 Å². The minimum absolute atomic E-state index is 0.547. The Morgan fingerprint density at radius 2 is 1.83 bits per heavy atom. The molecule has 0 radical (unpaired) electrons. The standard InChI is InChI=1S/C39H58N2O.2C2H6/c1-7-13-33-24-30(5)15-19-38(33)36-25-34-17-16-32(29(3)4)26-39(34)41(28-36)27-35-18-20-37(35)31(6)14-12-23-42-22-11-9-10-21-40-8-2;2*1-2/h12,14-17,19,24,26,31,35-37,40H,3,7-11,13,18,20-23,25,27-28H2,1-2,4-6H3;2*1-2H3/b14-12+;;. The highest BCUT2D eigenvalue weighted by atomic mass is 16.5. The molecule has 0 aromatic heterocycles. The third kappa shape index (κ3) is 12.0. The first-order chi connectivity index (χ1) is 22.4. The summed E-state index contributed by atoms with van der Waals surface area (Å²) in [7, 11) is 0. The molecule has 1 heterocycles. The first-order valence-electron chi connectivity index (χ1n) is 19.0. The van der Waals surface area contributed by atoms with Gasteiger partial charge in [0, 0.05) is 31.3 Å². The molecule has 3 nitrogen and oxygen atoms in total. The predicted molar refractivity (Wildman–Crippen MR) is 205 cm³/mol. The van der Waals surface area contributed by atoms with E-state index in [9.17, 15) is 0 Å².